The molecule has 4 rings (SSSR count). The van der Waals surface area contributed by atoms with Crippen molar-refractivity contribution in [3.8, 4) is 11.1 Å². The van der Waals surface area contributed by atoms with Crippen LogP contribution in [-0.4, -0.2) is 40.6 Å². The molecular weight excluding hydrogens is 460 g/mol. The smallest absolute Gasteiger partial charge is 0.232 e. The maximum atomic E-state index is 12.8. The van der Waals surface area contributed by atoms with Crippen LogP contribution in [0.2, 0.25) is 0 Å². The first-order valence-electron chi connectivity index (χ1n) is 10.6. The fraction of sp³-hybridized carbons (Fsp3) is 0.273. The Morgan fingerprint density at radius 1 is 1.15 bits per heavy atom. The van der Waals surface area contributed by atoms with Gasteiger partial charge in [0.25, 0.3) is 0 Å². The molecule has 1 atom stereocenters. The molecule has 1 unspecified atom stereocenters. The molecule has 0 fully saturated rings. The highest BCUT2D eigenvalue weighted by atomic mass is 32.2. The van der Waals surface area contributed by atoms with Gasteiger partial charge in [0.05, 0.1) is 15.5 Å². The topological polar surface area (TPSA) is 137 Å². The van der Waals surface area contributed by atoms with Gasteiger partial charge in [0.15, 0.2) is 0 Å². The van der Waals surface area contributed by atoms with Crippen LogP contribution in [-0.2, 0) is 19.8 Å². The van der Waals surface area contributed by atoms with Crippen molar-refractivity contribution in [2.75, 3.05) is 33.4 Å². The molecule has 0 amide bonds. The van der Waals surface area contributed by atoms with Crippen LogP contribution in [0.1, 0.15) is 19.8 Å². The van der Waals surface area contributed by atoms with E-state index >= 15 is 0 Å². The second kappa shape index (κ2) is 9.36. The first-order chi connectivity index (χ1) is 15.8. The minimum Gasteiger partial charge on any atom is -0.369 e. The molecule has 2 heterocycles. The Kier molecular flexibility index (Phi) is 6.52. The van der Waals surface area contributed by atoms with Gasteiger partial charge in [-0.25, -0.2) is 22.4 Å². The number of aromatic nitrogens is 2. The number of rotatable bonds is 4. The Morgan fingerprint density at radius 3 is 2.70 bits per heavy atom. The molecule has 9 nitrogen and oxygen atoms in total. The average molecular weight is 487 g/mol. The Hall–Kier alpha value is -3.18. The maximum Gasteiger partial charge on any atom is 0.232 e. The molecule has 1 aromatic heterocycles. The number of nitrogens with one attached hydrogen (secondary N) is 4. The van der Waals surface area contributed by atoms with Crippen molar-refractivity contribution in [3.63, 3.8) is 0 Å². The van der Waals surface area contributed by atoms with E-state index in [1.165, 1.54) is 0 Å². The first kappa shape index (κ1) is 23.0. The quantitative estimate of drug-likeness (QED) is 0.432. The van der Waals surface area contributed by atoms with E-state index < -0.39 is 19.8 Å². The summed E-state index contributed by atoms with van der Waals surface area (Å²) in [4.78, 5) is 9.56. The summed E-state index contributed by atoms with van der Waals surface area (Å²) in [5.74, 6) is 1.31. The van der Waals surface area contributed by atoms with Gasteiger partial charge in [-0.15, -0.1) is 0 Å². The van der Waals surface area contributed by atoms with Gasteiger partial charge >= 0.3 is 0 Å². The molecule has 1 aliphatic heterocycles. The van der Waals surface area contributed by atoms with Crippen LogP contribution in [0.3, 0.4) is 0 Å². The van der Waals surface area contributed by atoms with Crippen LogP contribution < -0.4 is 15.4 Å². The van der Waals surface area contributed by atoms with Gasteiger partial charge in [-0.2, -0.15) is 4.98 Å². The van der Waals surface area contributed by atoms with E-state index in [4.69, 9.17) is 4.78 Å². The van der Waals surface area contributed by atoms with Crippen molar-refractivity contribution >= 4 is 42.9 Å². The number of fused-ring (bicyclic) bond motifs is 4. The lowest BCUT2D eigenvalue weighted by atomic mass is 10.1. The number of nitrogens with zero attached hydrogens (tertiary/aromatic N) is 2. The molecule has 0 aliphatic carbocycles. The zero-order valence-electron chi connectivity index (χ0n) is 18.2. The van der Waals surface area contributed by atoms with Crippen LogP contribution in [0.15, 0.2) is 59.6 Å². The molecule has 2 aromatic carbocycles. The van der Waals surface area contributed by atoms with Crippen molar-refractivity contribution < 1.29 is 12.6 Å². The highest BCUT2D eigenvalue weighted by Gasteiger charge is 2.15. The molecule has 4 bridgehead atoms. The van der Waals surface area contributed by atoms with E-state index in [1.54, 1.807) is 43.5 Å². The third kappa shape index (κ3) is 5.60. The van der Waals surface area contributed by atoms with Crippen LogP contribution >= 0.6 is 0 Å². The van der Waals surface area contributed by atoms with Crippen molar-refractivity contribution in [3.05, 3.63) is 54.7 Å². The van der Waals surface area contributed by atoms with Gasteiger partial charge in [-0.05, 0) is 55.7 Å². The van der Waals surface area contributed by atoms with Crippen LogP contribution in [0.4, 0.5) is 23.1 Å². The fourth-order valence-electron chi connectivity index (χ4n) is 3.42. The molecule has 11 heteroatoms. The van der Waals surface area contributed by atoms with E-state index in [2.05, 4.69) is 25.3 Å². The second-order valence-corrected chi connectivity index (χ2v) is 11.9. The summed E-state index contributed by atoms with van der Waals surface area (Å²) in [6.45, 7) is 2.19. The van der Waals surface area contributed by atoms with E-state index in [-0.39, 0.29) is 5.75 Å². The summed E-state index contributed by atoms with van der Waals surface area (Å²) in [6, 6.07) is 14.1. The van der Waals surface area contributed by atoms with Gasteiger partial charge in [0.1, 0.15) is 5.82 Å². The van der Waals surface area contributed by atoms with E-state index in [0.717, 1.165) is 17.5 Å². The average Bonchev–Trinajstić information content (AvgIpc) is 2.79. The monoisotopic (exact) mass is 486 g/mol. The molecule has 33 heavy (non-hydrogen) atoms. The Balaban J connectivity index is 1.66. The van der Waals surface area contributed by atoms with Crippen molar-refractivity contribution in [2.24, 2.45) is 0 Å². The zero-order valence-corrected chi connectivity index (χ0v) is 19.8. The van der Waals surface area contributed by atoms with Crippen LogP contribution in [0, 0.1) is 4.78 Å². The highest BCUT2D eigenvalue weighted by molar-refractivity contribution is 7.92. The molecule has 4 N–H and O–H groups in total. The van der Waals surface area contributed by atoms with Gasteiger partial charge in [-0.3, -0.25) is 4.72 Å². The minimum atomic E-state index is -3.34. The predicted molar refractivity (Wildman–Crippen MR) is 132 cm³/mol. The van der Waals surface area contributed by atoms with Gasteiger partial charge in [0.2, 0.25) is 16.0 Å². The van der Waals surface area contributed by atoms with Crippen molar-refractivity contribution in [1.82, 2.24) is 9.97 Å². The lowest BCUT2D eigenvalue weighted by molar-refractivity contribution is 0.602. The third-order valence-electron chi connectivity index (χ3n) is 5.26. The molecule has 0 radical (unpaired) electrons. The lowest BCUT2D eigenvalue weighted by Gasteiger charge is -2.14. The van der Waals surface area contributed by atoms with Gasteiger partial charge in [0, 0.05) is 40.3 Å². The van der Waals surface area contributed by atoms with E-state index in [9.17, 15) is 12.6 Å². The fourth-order valence-corrected chi connectivity index (χ4v) is 5.52. The summed E-state index contributed by atoms with van der Waals surface area (Å²) >= 11 is 0. The molecule has 0 saturated heterocycles. The summed E-state index contributed by atoms with van der Waals surface area (Å²) in [5.41, 5.74) is 2.77. The van der Waals surface area contributed by atoms with Gasteiger partial charge < -0.3 is 10.6 Å². The standard InChI is InChI=1S/C22H26N6O3S2/c1-2-33(30,31)28-17-10-8-16(9-11-17)20-15-25-22-26-18-6-5-7-19(14-18)32(23,29)13-4-3-12-24-21(20)27-22/h5-11,14-15,23,28H,2-4,12-13H2,1H3,(H2,24,25,26,27). The van der Waals surface area contributed by atoms with E-state index in [0.29, 0.717) is 46.8 Å². The van der Waals surface area contributed by atoms with Crippen molar-refractivity contribution in [2.45, 2.75) is 24.7 Å². The SMILES string of the molecule is CCS(=O)(=O)Nc1ccc(-c2cnc3nc2NCCCCS(=N)(=O)c2cccc(c2)N3)cc1. The van der Waals surface area contributed by atoms with Gasteiger partial charge in [-0.1, -0.05) is 18.2 Å². The molecular formula is C22H26N6O3S2. The summed E-state index contributed by atoms with van der Waals surface area (Å²) < 4.78 is 47.3. The summed E-state index contributed by atoms with van der Waals surface area (Å²) in [5, 5.41) is 6.46. The number of sulfonamides is 1. The normalized spacial score (nSPS) is 18.6. The third-order valence-corrected chi connectivity index (χ3v) is 8.45. The van der Waals surface area contributed by atoms with Crippen LogP contribution in [0.5, 0.6) is 0 Å². The number of hydrogen-bond donors (Lipinski definition) is 4. The maximum absolute atomic E-state index is 12.8. The summed E-state index contributed by atoms with van der Waals surface area (Å²) in [7, 11) is -6.21. The minimum absolute atomic E-state index is 0.00318. The molecule has 0 saturated carbocycles. The lowest BCUT2D eigenvalue weighted by Crippen LogP contribution is -2.14. The summed E-state index contributed by atoms with van der Waals surface area (Å²) in [6.07, 6.45) is 3.09. The Labute approximate surface area is 194 Å². The van der Waals surface area contributed by atoms with Crippen LogP contribution in [0.25, 0.3) is 11.1 Å². The highest BCUT2D eigenvalue weighted by Crippen LogP contribution is 2.29. The zero-order chi connectivity index (χ0) is 23.5. The Bertz CT molecular complexity index is 1360. The molecule has 0 spiro atoms. The molecule has 174 valence electrons. The van der Waals surface area contributed by atoms with Crippen molar-refractivity contribution in [1.29, 1.82) is 4.78 Å². The number of benzene rings is 2. The largest absolute Gasteiger partial charge is 0.369 e. The number of anilines is 4. The Morgan fingerprint density at radius 2 is 1.94 bits per heavy atom. The first-order valence-corrected chi connectivity index (χ1v) is 14.0. The molecule has 3 aromatic rings. The molecule has 1 aliphatic rings. The van der Waals surface area contributed by atoms with E-state index in [1.807, 2.05) is 18.2 Å². The number of hydrogen-bond acceptors (Lipinski definition) is 8. The predicted octanol–water partition coefficient (Wildman–Crippen LogP) is 4.26. The second-order valence-electron chi connectivity index (χ2n) is 7.70.